The van der Waals surface area contributed by atoms with Crippen LogP contribution in [-0.4, -0.2) is 47.3 Å². The van der Waals surface area contributed by atoms with E-state index in [9.17, 15) is 9.59 Å². The SMILES string of the molecule is C#Cc1cc(C(=O)Nc2cnn3c2C(=O)N(c2ccc(C(F)(F)c4ccc(OC)nc4)cc2)CC3)ccc1OC. The van der Waals surface area contributed by atoms with E-state index in [0.29, 0.717) is 23.5 Å². The number of amides is 2. The Hall–Kier alpha value is -5.24. The minimum absolute atomic E-state index is 0.170. The molecule has 2 aromatic heterocycles. The number of hydrogen-bond acceptors (Lipinski definition) is 6. The Morgan fingerprint density at radius 1 is 1.02 bits per heavy atom. The molecule has 0 spiro atoms. The summed E-state index contributed by atoms with van der Waals surface area (Å²) in [4.78, 5) is 31.7. The van der Waals surface area contributed by atoms with Crippen LogP contribution >= 0.6 is 0 Å². The number of benzene rings is 2. The molecule has 1 aliphatic heterocycles. The molecule has 40 heavy (non-hydrogen) atoms. The van der Waals surface area contributed by atoms with E-state index in [2.05, 4.69) is 21.3 Å². The lowest BCUT2D eigenvalue weighted by Gasteiger charge is -2.28. The number of hydrogen-bond donors (Lipinski definition) is 1. The normalized spacial score (nSPS) is 12.9. The van der Waals surface area contributed by atoms with Crippen molar-refractivity contribution in [3.05, 3.63) is 94.9 Å². The number of nitrogens with zero attached hydrogens (tertiary/aromatic N) is 4. The van der Waals surface area contributed by atoms with Gasteiger partial charge in [-0.2, -0.15) is 13.9 Å². The molecule has 5 rings (SSSR count). The maximum Gasteiger partial charge on any atom is 0.299 e. The van der Waals surface area contributed by atoms with Crippen molar-refractivity contribution >= 4 is 23.2 Å². The molecule has 0 atom stereocenters. The number of anilines is 2. The fraction of sp³-hybridized carbons (Fsp3) is 0.172. The zero-order chi connectivity index (χ0) is 28.4. The number of terminal acetylenes is 1. The maximum atomic E-state index is 15.1. The molecule has 0 bridgehead atoms. The first-order valence-electron chi connectivity index (χ1n) is 12.1. The van der Waals surface area contributed by atoms with Gasteiger partial charge in [0.25, 0.3) is 17.7 Å². The summed E-state index contributed by atoms with van der Waals surface area (Å²) < 4.78 is 41.8. The molecule has 4 aromatic rings. The highest BCUT2D eigenvalue weighted by Crippen LogP contribution is 2.37. The quantitative estimate of drug-likeness (QED) is 0.349. The van der Waals surface area contributed by atoms with Gasteiger partial charge in [0, 0.05) is 41.2 Å². The van der Waals surface area contributed by atoms with Crippen molar-refractivity contribution in [2.75, 3.05) is 31.0 Å². The van der Waals surface area contributed by atoms with Crippen LogP contribution in [0.4, 0.5) is 20.2 Å². The second kappa shape index (κ2) is 10.5. The fourth-order valence-corrected chi connectivity index (χ4v) is 4.40. The second-order valence-corrected chi connectivity index (χ2v) is 8.81. The van der Waals surface area contributed by atoms with E-state index in [0.717, 1.165) is 6.20 Å². The highest BCUT2D eigenvalue weighted by atomic mass is 19.3. The van der Waals surface area contributed by atoms with Gasteiger partial charge in [-0.15, -0.1) is 6.42 Å². The van der Waals surface area contributed by atoms with Gasteiger partial charge < -0.3 is 19.7 Å². The van der Waals surface area contributed by atoms with Crippen LogP contribution in [0.3, 0.4) is 0 Å². The minimum Gasteiger partial charge on any atom is -0.495 e. The van der Waals surface area contributed by atoms with Crippen LogP contribution in [0, 0.1) is 12.3 Å². The van der Waals surface area contributed by atoms with Gasteiger partial charge in [-0.3, -0.25) is 14.3 Å². The molecule has 0 saturated heterocycles. The van der Waals surface area contributed by atoms with Gasteiger partial charge in [0.15, 0.2) is 0 Å². The summed E-state index contributed by atoms with van der Waals surface area (Å²) in [5.74, 6) is -1.07. The molecule has 0 radical (unpaired) electrons. The van der Waals surface area contributed by atoms with Crippen LogP contribution in [0.5, 0.6) is 11.6 Å². The molecule has 3 heterocycles. The third-order valence-corrected chi connectivity index (χ3v) is 6.54. The zero-order valence-electron chi connectivity index (χ0n) is 21.5. The first kappa shape index (κ1) is 26.4. The number of nitrogens with one attached hydrogen (secondary N) is 1. The number of aromatic nitrogens is 3. The number of rotatable bonds is 7. The minimum atomic E-state index is -3.31. The third-order valence-electron chi connectivity index (χ3n) is 6.54. The van der Waals surface area contributed by atoms with Crippen molar-refractivity contribution in [2.24, 2.45) is 0 Å². The van der Waals surface area contributed by atoms with Crippen LogP contribution < -0.4 is 19.7 Å². The van der Waals surface area contributed by atoms with Gasteiger partial charge in [0.1, 0.15) is 11.4 Å². The van der Waals surface area contributed by atoms with E-state index in [1.165, 1.54) is 72.5 Å². The first-order chi connectivity index (χ1) is 19.3. The van der Waals surface area contributed by atoms with Crippen molar-refractivity contribution in [2.45, 2.75) is 12.5 Å². The standard InChI is InChI=1S/C29H23F2N5O4/c1-4-18-15-19(5-11-24(18)39-2)27(37)34-23-17-33-36-14-13-35(28(38)26(23)36)22-9-6-20(7-10-22)29(30,31)21-8-12-25(40-3)32-16-21/h1,5-12,15-17H,13-14H2,2-3H3,(H,34,37). The molecule has 0 fully saturated rings. The van der Waals surface area contributed by atoms with Gasteiger partial charge in [0.2, 0.25) is 5.88 Å². The molecular formula is C29H23F2N5O4. The van der Waals surface area contributed by atoms with E-state index in [4.69, 9.17) is 15.9 Å². The smallest absolute Gasteiger partial charge is 0.299 e. The van der Waals surface area contributed by atoms with Gasteiger partial charge in [-0.1, -0.05) is 18.1 Å². The van der Waals surface area contributed by atoms with Crippen molar-refractivity contribution in [3.63, 3.8) is 0 Å². The van der Waals surface area contributed by atoms with Crippen molar-refractivity contribution in [3.8, 4) is 24.0 Å². The lowest BCUT2D eigenvalue weighted by atomic mass is 10.0. The average molecular weight is 544 g/mol. The van der Waals surface area contributed by atoms with Gasteiger partial charge in [-0.05, 0) is 36.4 Å². The lowest BCUT2D eigenvalue weighted by molar-refractivity contribution is 0.0424. The number of alkyl halides is 2. The third kappa shape index (κ3) is 4.71. The van der Waals surface area contributed by atoms with E-state index in [1.54, 1.807) is 12.1 Å². The van der Waals surface area contributed by atoms with Crippen molar-refractivity contribution in [1.29, 1.82) is 0 Å². The Balaban J connectivity index is 1.36. The number of carbonyl (C=O) groups is 2. The monoisotopic (exact) mass is 543 g/mol. The van der Waals surface area contributed by atoms with Crippen LogP contribution in [0.15, 0.2) is 67.0 Å². The molecule has 202 valence electrons. The number of methoxy groups -OCH3 is 2. The number of pyridine rings is 1. The summed E-state index contributed by atoms with van der Waals surface area (Å²) in [5.41, 5.74) is 0.957. The van der Waals surface area contributed by atoms with Crippen LogP contribution in [-0.2, 0) is 12.5 Å². The number of halogens is 2. The molecule has 0 aliphatic carbocycles. The summed E-state index contributed by atoms with van der Waals surface area (Å²) in [6.45, 7) is 0.610. The number of carbonyl (C=O) groups excluding carboxylic acids is 2. The molecule has 9 nitrogen and oxygen atoms in total. The largest absolute Gasteiger partial charge is 0.495 e. The Morgan fingerprint density at radius 2 is 1.77 bits per heavy atom. The Labute approximate surface area is 228 Å². The Kier molecular flexibility index (Phi) is 6.92. The first-order valence-corrected chi connectivity index (χ1v) is 12.1. The summed E-state index contributed by atoms with van der Waals surface area (Å²) in [6.07, 6.45) is 7.97. The summed E-state index contributed by atoms with van der Waals surface area (Å²) in [5, 5.41) is 6.94. The lowest BCUT2D eigenvalue weighted by Crippen LogP contribution is -2.41. The van der Waals surface area contributed by atoms with E-state index in [-0.39, 0.29) is 40.5 Å². The Morgan fingerprint density at radius 3 is 2.42 bits per heavy atom. The molecule has 0 unspecified atom stereocenters. The molecule has 0 saturated carbocycles. The molecular weight excluding hydrogens is 520 g/mol. The highest BCUT2D eigenvalue weighted by molar-refractivity contribution is 6.13. The van der Waals surface area contributed by atoms with Crippen LogP contribution in [0.1, 0.15) is 37.5 Å². The van der Waals surface area contributed by atoms with E-state index >= 15 is 8.78 Å². The number of ether oxygens (including phenoxy) is 2. The molecule has 11 heteroatoms. The van der Waals surface area contributed by atoms with Crippen LogP contribution in [0.25, 0.3) is 0 Å². The van der Waals surface area contributed by atoms with Crippen molar-refractivity contribution < 1.29 is 27.8 Å². The summed E-state index contributed by atoms with van der Waals surface area (Å²) in [7, 11) is 2.88. The summed E-state index contributed by atoms with van der Waals surface area (Å²) in [6, 6.07) is 12.7. The predicted octanol–water partition coefficient (Wildman–Crippen LogP) is 4.33. The molecule has 1 aliphatic rings. The van der Waals surface area contributed by atoms with Crippen molar-refractivity contribution in [1.82, 2.24) is 14.8 Å². The van der Waals surface area contributed by atoms with Crippen LogP contribution in [0.2, 0.25) is 0 Å². The van der Waals surface area contributed by atoms with Gasteiger partial charge in [-0.25, -0.2) is 4.98 Å². The molecule has 2 aromatic carbocycles. The topological polar surface area (TPSA) is 98.6 Å². The zero-order valence-corrected chi connectivity index (χ0v) is 21.5. The molecule has 2 amide bonds. The average Bonchev–Trinajstić information content (AvgIpc) is 3.40. The molecule has 1 N–H and O–H groups in total. The Bertz CT molecular complexity index is 1630. The predicted molar refractivity (Wildman–Crippen MR) is 143 cm³/mol. The second-order valence-electron chi connectivity index (χ2n) is 8.81. The van der Waals surface area contributed by atoms with E-state index in [1.807, 2.05) is 0 Å². The fourth-order valence-electron chi connectivity index (χ4n) is 4.40. The van der Waals surface area contributed by atoms with E-state index < -0.39 is 17.7 Å². The highest BCUT2D eigenvalue weighted by Gasteiger charge is 2.35. The van der Waals surface area contributed by atoms with Gasteiger partial charge in [0.05, 0.1) is 38.2 Å². The number of fused-ring (bicyclic) bond motifs is 1. The summed E-state index contributed by atoms with van der Waals surface area (Å²) >= 11 is 0. The van der Waals surface area contributed by atoms with Gasteiger partial charge >= 0.3 is 0 Å². The maximum absolute atomic E-state index is 15.1.